The third-order valence-corrected chi connectivity index (χ3v) is 18.7. The molecule has 66 heavy (non-hydrogen) atoms. The van der Waals surface area contributed by atoms with Crippen LogP contribution in [0.25, 0.3) is 0 Å². The highest BCUT2D eigenvalue weighted by molar-refractivity contribution is 5.79. The molecule has 25 unspecified atom stereocenters. The smallest absolute Gasteiger partial charge is 0.315 e. The predicted molar refractivity (Wildman–Crippen MR) is 227 cm³/mol. The summed E-state index contributed by atoms with van der Waals surface area (Å²) in [6.07, 6.45) is -17.4. The Morgan fingerprint density at radius 3 is 2.08 bits per heavy atom. The molecule has 376 valence electrons. The number of esters is 1. The third kappa shape index (κ3) is 7.70. The summed E-state index contributed by atoms with van der Waals surface area (Å²) in [5, 5.41) is 129. The van der Waals surface area contributed by atoms with E-state index >= 15 is 0 Å². The van der Waals surface area contributed by atoms with Crippen LogP contribution in [0.1, 0.15) is 92.9 Å². The zero-order valence-electron chi connectivity index (χ0n) is 38.7. The van der Waals surface area contributed by atoms with E-state index < -0.39 is 134 Å². The van der Waals surface area contributed by atoms with Crippen molar-refractivity contribution in [1.29, 1.82) is 0 Å². The van der Waals surface area contributed by atoms with E-state index in [-0.39, 0.29) is 40.6 Å². The van der Waals surface area contributed by atoms with E-state index in [9.17, 15) is 66.1 Å². The van der Waals surface area contributed by atoms with Crippen LogP contribution in [0.4, 0.5) is 0 Å². The quantitative estimate of drug-likeness (QED) is 0.0939. The lowest BCUT2D eigenvalue weighted by Gasteiger charge is -2.71. The van der Waals surface area contributed by atoms with Gasteiger partial charge in [-0.25, -0.2) is 0 Å². The molecule has 3 aliphatic heterocycles. The van der Waals surface area contributed by atoms with Crippen LogP contribution >= 0.6 is 0 Å². The topological polar surface area (TPSA) is 315 Å². The molecule has 0 radical (unpaired) electrons. The maximum Gasteiger partial charge on any atom is 0.315 e. The first-order valence-corrected chi connectivity index (χ1v) is 23.8. The highest BCUT2D eigenvalue weighted by Crippen LogP contribution is 2.75. The molecule has 19 nitrogen and oxygen atoms in total. The molecule has 3 saturated heterocycles. The Bertz CT molecular complexity index is 1850. The van der Waals surface area contributed by atoms with E-state index in [1.807, 2.05) is 19.9 Å². The number of allylic oxidation sites excluding steroid dienone is 4. The van der Waals surface area contributed by atoms with Crippen LogP contribution in [0, 0.1) is 44.8 Å². The van der Waals surface area contributed by atoms with Gasteiger partial charge < -0.3 is 89.7 Å². The molecule has 0 aromatic heterocycles. The summed E-state index contributed by atoms with van der Waals surface area (Å²) in [5.74, 6) is -0.799. The lowest BCUT2D eigenvalue weighted by Crippen LogP contribution is -2.68. The number of rotatable bonds is 9. The molecule has 0 bridgehead atoms. The first kappa shape index (κ1) is 50.7. The average Bonchev–Trinajstić information content (AvgIpc) is 3.28. The summed E-state index contributed by atoms with van der Waals surface area (Å²) in [5.41, 5.74) is -0.620. The summed E-state index contributed by atoms with van der Waals surface area (Å²) in [6.45, 7) is 10.6. The normalized spacial score (nSPS) is 55.0. The molecule has 6 fully saturated rings. The molecular formula is C47H74O19. The fourth-order valence-electron chi connectivity index (χ4n) is 14.4. The summed E-state index contributed by atoms with van der Waals surface area (Å²) >= 11 is 0. The Hall–Kier alpha value is -1.73. The highest BCUT2D eigenvalue weighted by Gasteiger charge is 2.70. The van der Waals surface area contributed by atoms with Crippen molar-refractivity contribution in [3.63, 3.8) is 0 Å². The van der Waals surface area contributed by atoms with Crippen LogP contribution < -0.4 is 0 Å². The van der Waals surface area contributed by atoms with E-state index in [4.69, 9.17) is 28.4 Å². The van der Waals surface area contributed by atoms with Crippen molar-refractivity contribution in [2.75, 3.05) is 19.8 Å². The van der Waals surface area contributed by atoms with E-state index in [1.165, 1.54) is 12.5 Å². The molecule has 0 aromatic rings. The maximum atomic E-state index is 14.8. The monoisotopic (exact) mass is 942 g/mol. The van der Waals surface area contributed by atoms with Crippen LogP contribution in [0.3, 0.4) is 0 Å². The summed E-state index contributed by atoms with van der Waals surface area (Å²) < 4.78 is 34.5. The Kier molecular flexibility index (Phi) is 13.9. The largest absolute Gasteiger partial charge is 0.432 e. The molecule has 25 atom stereocenters. The molecular weight excluding hydrogens is 868 g/mol. The summed E-state index contributed by atoms with van der Waals surface area (Å²) in [7, 11) is 0. The number of ether oxygens (including phenoxy) is 6. The molecule has 0 amide bonds. The molecule has 0 spiro atoms. The minimum absolute atomic E-state index is 0.0147. The Labute approximate surface area is 384 Å². The van der Waals surface area contributed by atoms with Gasteiger partial charge in [0.1, 0.15) is 67.1 Å². The van der Waals surface area contributed by atoms with Gasteiger partial charge in [-0.3, -0.25) is 4.79 Å². The molecule has 0 aromatic carbocycles. The van der Waals surface area contributed by atoms with Crippen molar-refractivity contribution in [3.8, 4) is 0 Å². The summed E-state index contributed by atoms with van der Waals surface area (Å²) in [6, 6.07) is 0. The highest BCUT2D eigenvalue weighted by atomic mass is 16.8. The number of hydrogen-bond acceptors (Lipinski definition) is 19. The number of carbonyl (C=O) groups is 1. The van der Waals surface area contributed by atoms with Crippen LogP contribution in [0.5, 0.6) is 0 Å². The SMILES string of the molecule is CC1=CCC2(C(=O)OC3OC(COC4OC(CO)C(OC5OC(C)C(O)C(O)C5O)C(O)C4O)C(O)C(O)C3O)CCC3(C)C(=CCC4C5(C)CC(O)C(O)C(C)(CO)C5CCC43C)C2C1. The maximum absolute atomic E-state index is 14.8. The number of carbonyl (C=O) groups excluding carboxylic acids is 1. The lowest BCUT2D eigenvalue weighted by molar-refractivity contribution is -0.361. The second-order valence-corrected chi connectivity index (χ2v) is 22.1. The number of aliphatic hydroxyl groups is 12. The molecule has 19 heteroatoms. The van der Waals surface area contributed by atoms with E-state index in [1.54, 1.807) is 0 Å². The van der Waals surface area contributed by atoms with E-state index in [2.05, 4.69) is 26.8 Å². The van der Waals surface area contributed by atoms with Gasteiger partial charge in [0.05, 0.1) is 43.5 Å². The second kappa shape index (κ2) is 18.1. The van der Waals surface area contributed by atoms with E-state index in [0.717, 1.165) is 18.4 Å². The van der Waals surface area contributed by atoms with Gasteiger partial charge >= 0.3 is 5.97 Å². The first-order chi connectivity index (χ1) is 30.9. The number of fused-ring (bicyclic) bond motifs is 7. The van der Waals surface area contributed by atoms with Gasteiger partial charge in [-0.2, -0.15) is 0 Å². The molecule has 12 N–H and O–H groups in total. The Balaban J connectivity index is 0.972. The first-order valence-electron chi connectivity index (χ1n) is 23.8. The van der Waals surface area contributed by atoms with Gasteiger partial charge in [0, 0.05) is 11.3 Å². The van der Waals surface area contributed by atoms with Crippen LogP contribution in [-0.2, 0) is 33.2 Å². The van der Waals surface area contributed by atoms with Crippen molar-refractivity contribution >= 4 is 5.97 Å². The van der Waals surface area contributed by atoms with Crippen LogP contribution in [0.15, 0.2) is 23.3 Å². The fraction of sp³-hybridized carbons (Fsp3) is 0.894. The van der Waals surface area contributed by atoms with E-state index in [0.29, 0.717) is 38.5 Å². The summed E-state index contributed by atoms with van der Waals surface area (Å²) in [4.78, 5) is 14.8. The molecule has 8 rings (SSSR count). The van der Waals surface area contributed by atoms with Crippen LogP contribution in [-0.4, -0.2) is 191 Å². The molecule has 5 aliphatic carbocycles. The van der Waals surface area contributed by atoms with Crippen molar-refractivity contribution in [3.05, 3.63) is 23.3 Å². The van der Waals surface area contributed by atoms with Gasteiger partial charge in [0.25, 0.3) is 0 Å². The van der Waals surface area contributed by atoms with Crippen molar-refractivity contribution in [1.82, 2.24) is 0 Å². The number of hydrogen-bond donors (Lipinski definition) is 12. The van der Waals surface area contributed by atoms with Crippen molar-refractivity contribution in [2.45, 2.75) is 197 Å². The minimum atomic E-state index is -1.87. The van der Waals surface area contributed by atoms with Crippen molar-refractivity contribution < 1.29 is 94.5 Å². The zero-order chi connectivity index (χ0) is 48.2. The molecule has 3 heterocycles. The standard InChI is InChI=1S/C47H74O19/c1-20-9-12-47(14-13-45(5)22(23(47)15-20)7-8-28-43(3)16-24(50)38(59)44(4,19-49)27(43)10-11-46(28,45)6)42(60)66-41-35(57)32(54)30(52)26(64-41)18-61-39-36(58)33(55)37(25(17-48)63-39)65-40-34(56)31(53)29(51)21(2)62-40/h7,9,21,23-41,48-59H,8,10-19H2,1-6H3. The molecule has 8 aliphatic rings. The van der Waals surface area contributed by atoms with Gasteiger partial charge in [0.15, 0.2) is 12.6 Å². The third-order valence-electron chi connectivity index (χ3n) is 18.7. The van der Waals surface area contributed by atoms with Gasteiger partial charge in [-0.15, -0.1) is 0 Å². The Morgan fingerprint density at radius 1 is 0.742 bits per heavy atom. The van der Waals surface area contributed by atoms with Crippen molar-refractivity contribution in [2.24, 2.45) is 44.8 Å². The fourth-order valence-corrected chi connectivity index (χ4v) is 14.4. The lowest BCUT2D eigenvalue weighted by atomic mass is 9.33. The van der Waals surface area contributed by atoms with Gasteiger partial charge in [-0.05, 0) is 93.3 Å². The minimum Gasteiger partial charge on any atom is -0.432 e. The van der Waals surface area contributed by atoms with Gasteiger partial charge in [-0.1, -0.05) is 51.0 Å². The second-order valence-electron chi connectivity index (χ2n) is 22.1. The molecule has 3 saturated carbocycles. The number of aliphatic hydroxyl groups excluding tert-OH is 12. The zero-order valence-corrected chi connectivity index (χ0v) is 38.7. The average molecular weight is 943 g/mol. The predicted octanol–water partition coefficient (Wildman–Crippen LogP) is -1.36. The van der Waals surface area contributed by atoms with Crippen LogP contribution in [0.2, 0.25) is 0 Å². The Morgan fingerprint density at radius 2 is 1.39 bits per heavy atom. The van der Waals surface area contributed by atoms with Gasteiger partial charge in [0.2, 0.25) is 6.29 Å².